The fraction of sp³-hybridized carbons (Fsp3) is 0.0625. The van der Waals surface area contributed by atoms with E-state index in [2.05, 4.69) is 15.9 Å². The zero-order valence-corrected chi connectivity index (χ0v) is 12.0. The Morgan fingerprint density at radius 3 is 2.00 bits per heavy atom. The first-order chi connectivity index (χ1) is 9.09. The molecule has 2 aromatic carbocycles. The van der Waals surface area contributed by atoms with Gasteiger partial charge in [-0.1, -0.05) is 58.4 Å². The zero-order chi connectivity index (χ0) is 13.8. The number of hydrogen-bond acceptors (Lipinski definition) is 1. The van der Waals surface area contributed by atoms with Crippen molar-refractivity contribution in [3.8, 4) is 0 Å². The van der Waals surface area contributed by atoms with Crippen molar-refractivity contribution in [3.05, 3.63) is 75.8 Å². The smallest absolute Gasteiger partial charge is 0.331 e. The maximum Gasteiger partial charge on any atom is 0.331 e. The van der Waals surface area contributed by atoms with Crippen LogP contribution in [0.5, 0.6) is 0 Å². The molecule has 96 valence electrons. The van der Waals surface area contributed by atoms with E-state index in [-0.39, 0.29) is 0 Å². The molecule has 0 bridgehead atoms. The molecule has 0 aliphatic carbocycles. The summed E-state index contributed by atoms with van der Waals surface area (Å²) in [7, 11) is 0. The Morgan fingerprint density at radius 1 is 0.947 bits per heavy atom. The molecule has 0 fully saturated rings. The molecule has 0 atom stereocenters. The first kappa shape index (κ1) is 13.6. The van der Waals surface area contributed by atoms with E-state index in [0.717, 1.165) is 21.2 Å². The Balaban J connectivity index is 2.63. The van der Waals surface area contributed by atoms with E-state index >= 15 is 0 Å². The van der Waals surface area contributed by atoms with Gasteiger partial charge < -0.3 is 5.11 Å². The van der Waals surface area contributed by atoms with E-state index < -0.39 is 5.97 Å². The predicted octanol–water partition coefficient (Wildman–Crippen LogP) is 4.36. The Labute approximate surface area is 120 Å². The van der Waals surface area contributed by atoms with Crippen molar-refractivity contribution in [2.24, 2.45) is 0 Å². The summed E-state index contributed by atoms with van der Waals surface area (Å²) in [6.45, 7) is 1.63. The van der Waals surface area contributed by atoms with Gasteiger partial charge in [-0.2, -0.15) is 0 Å². The highest BCUT2D eigenvalue weighted by atomic mass is 79.9. The lowest BCUT2D eigenvalue weighted by molar-refractivity contribution is -0.132. The summed E-state index contributed by atoms with van der Waals surface area (Å²) in [5, 5.41) is 9.26. The molecule has 0 aromatic heterocycles. The first-order valence-corrected chi connectivity index (χ1v) is 6.64. The number of benzene rings is 2. The fourth-order valence-corrected chi connectivity index (χ4v) is 2.19. The van der Waals surface area contributed by atoms with E-state index in [4.69, 9.17) is 0 Å². The van der Waals surface area contributed by atoms with Gasteiger partial charge >= 0.3 is 5.97 Å². The van der Waals surface area contributed by atoms with E-state index in [1.165, 1.54) is 0 Å². The minimum Gasteiger partial charge on any atom is -0.478 e. The summed E-state index contributed by atoms with van der Waals surface area (Å²) in [5.41, 5.74) is 2.90. The Hall–Kier alpha value is -1.87. The van der Waals surface area contributed by atoms with Crippen molar-refractivity contribution in [1.82, 2.24) is 0 Å². The monoisotopic (exact) mass is 316 g/mol. The summed E-state index contributed by atoms with van der Waals surface area (Å²) in [4.78, 5) is 11.3. The third kappa shape index (κ3) is 3.12. The summed E-state index contributed by atoms with van der Waals surface area (Å²) in [6, 6.07) is 17.2. The normalized spacial score (nSPS) is 11.9. The van der Waals surface area contributed by atoms with Gasteiger partial charge in [-0.15, -0.1) is 0 Å². The molecule has 0 unspecified atom stereocenters. The maximum absolute atomic E-state index is 11.3. The van der Waals surface area contributed by atoms with Crippen molar-refractivity contribution in [1.29, 1.82) is 0 Å². The molecule has 0 heterocycles. The lowest BCUT2D eigenvalue weighted by atomic mass is 9.94. The second-order valence-electron chi connectivity index (χ2n) is 4.18. The van der Waals surface area contributed by atoms with Crippen LogP contribution in [0.2, 0.25) is 0 Å². The molecular weight excluding hydrogens is 304 g/mol. The quantitative estimate of drug-likeness (QED) is 0.854. The lowest BCUT2D eigenvalue weighted by Crippen LogP contribution is -2.02. The number of rotatable bonds is 3. The van der Waals surface area contributed by atoms with Crippen LogP contribution in [0.4, 0.5) is 0 Å². The van der Waals surface area contributed by atoms with Gasteiger partial charge in [0.15, 0.2) is 0 Å². The minimum atomic E-state index is -0.901. The number of halogens is 1. The zero-order valence-electron chi connectivity index (χ0n) is 10.4. The van der Waals surface area contributed by atoms with Crippen LogP contribution in [0.15, 0.2) is 64.6 Å². The van der Waals surface area contributed by atoms with Crippen molar-refractivity contribution in [2.75, 3.05) is 0 Å². The van der Waals surface area contributed by atoms with Crippen molar-refractivity contribution in [2.45, 2.75) is 6.92 Å². The van der Waals surface area contributed by atoms with Crippen LogP contribution >= 0.6 is 15.9 Å². The molecule has 0 spiro atoms. The molecule has 0 radical (unpaired) electrons. The topological polar surface area (TPSA) is 37.3 Å². The number of carboxylic acid groups (broad SMARTS) is 1. The van der Waals surface area contributed by atoms with Gasteiger partial charge in [0.2, 0.25) is 0 Å². The molecule has 3 heteroatoms. The van der Waals surface area contributed by atoms with Crippen LogP contribution in [0.1, 0.15) is 18.1 Å². The highest BCUT2D eigenvalue weighted by Crippen LogP contribution is 2.28. The number of aliphatic carboxylic acids is 1. The first-order valence-electron chi connectivity index (χ1n) is 5.85. The summed E-state index contributed by atoms with van der Waals surface area (Å²) >= 11 is 3.38. The van der Waals surface area contributed by atoms with E-state index in [1.807, 2.05) is 54.6 Å². The molecule has 0 saturated heterocycles. The van der Waals surface area contributed by atoms with E-state index in [1.54, 1.807) is 6.92 Å². The number of hydrogen-bond donors (Lipinski definition) is 1. The molecule has 2 aromatic rings. The van der Waals surface area contributed by atoms with Gasteiger partial charge in [-0.25, -0.2) is 4.79 Å². The van der Waals surface area contributed by atoms with Crippen molar-refractivity contribution in [3.63, 3.8) is 0 Å². The third-order valence-electron chi connectivity index (χ3n) is 2.89. The van der Waals surface area contributed by atoms with Crippen molar-refractivity contribution < 1.29 is 9.90 Å². The highest BCUT2D eigenvalue weighted by Gasteiger charge is 2.13. The fourth-order valence-electron chi connectivity index (χ4n) is 1.93. The summed E-state index contributed by atoms with van der Waals surface area (Å²) in [6.07, 6.45) is 0. The second-order valence-corrected chi connectivity index (χ2v) is 5.09. The second kappa shape index (κ2) is 5.85. The molecule has 0 saturated carbocycles. The average molecular weight is 317 g/mol. The molecular formula is C16H13BrO2. The summed E-state index contributed by atoms with van der Waals surface area (Å²) in [5.74, 6) is -0.901. The average Bonchev–Trinajstić information content (AvgIpc) is 2.42. The van der Waals surface area contributed by atoms with Crippen LogP contribution in [-0.4, -0.2) is 11.1 Å². The van der Waals surface area contributed by atoms with Crippen molar-refractivity contribution >= 4 is 27.5 Å². The predicted molar refractivity (Wildman–Crippen MR) is 79.9 cm³/mol. The van der Waals surface area contributed by atoms with Gasteiger partial charge in [0.25, 0.3) is 0 Å². The van der Waals surface area contributed by atoms with Crippen LogP contribution in [0.3, 0.4) is 0 Å². The van der Waals surface area contributed by atoms with Crippen LogP contribution in [0, 0.1) is 0 Å². The van der Waals surface area contributed by atoms with Gasteiger partial charge in [0.05, 0.1) is 0 Å². The van der Waals surface area contributed by atoms with Crippen LogP contribution in [0.25, 0.3) is 5.57 Å². The van der Waals surface area contributed by atoms with Gasteiger partial charge in [-0.05, 0) is 35.8 Å². The molecule has 2 rings (SSSR count). The standard InChI is InChI=1S/C16H13BrO2/c1-11(16(18)19)15(12-5-3-2-4-6-12)13-7-9-14(17)10-8-13/h2-10H,1H3,(H,18,19). The van der Waals surface area contributed by atoms with Gasteiger partial charge in [-0.3, -0.25) is 0 Å². The molecule has 2 nitrogen and oxygen atoms in total. The SMILES string of the molecule is CC(C(=O)O)=C(c1ccccc1)c1ccc(Br)cc1. The number of carboxylic acids is 1. The largest absolute Gasteiger partial charge is 0.478 e. The number of carbonyl (C=O) groups is 1. The van der Waals surface area contributed by atoms with Crippen LogP contribution < -0.4 is 0 Å². The van der Waals surface area contributed by atoms with E-state index in [0.29, 0.717) is 5.57 Å². The molecule has 19 heavy (non-hydrogen) atoms. The lowest BCUT2D eigenvalue weighted by Gasteiger charge is -2.11. The maximum atomic E-state index is 11.3. The molecule has 0 aliphatic rings. The Bertz CT molecular complexity index is 613. The molecule has 0 amide bonds. The van der Waals surface area contributed by atoms with Gasteiger partial charge in [0, 0.05) is 10.0 Å². The third-order valence-corrected chi connectivity index (χ3v) is 3.42. The Kier molecular flexibility index (Phi) is 4.17. The highest BCUT2D eigenvalue weighted by molar-refractivity contribution is 9.10. The minimum absolute atomic E-state index is 0.341. The Morgan fingerprint density at radius 2 is 1.47 bits per heavy atom. The molecule has 1 N–H and O–H groups in total. The van der Waals surface area contributed by atoms with E-state index in [9.17, 15) is 9.90 Å². The van der Waals surface area contributed by atoms with Crippen LogP contribution in [-0.2, 0) is 4.79 Å². The summed E-state index contributed by atoms with van der Waals surface area (Å²) < 4.78 is 0.969. The molecule has 0 aliphatic heterocycles. The van der Waals surface area contributed by atoms with Gasteiger partial charge in [0.1, 0.15) is 0 Å².